The highest BCUT2D eigenvalue weighted by molar-refractivity contribution is 5.74. The van der Waals surface area contributed by atoms with Crippen LogP contribution in [0.4, 0.5) is 13.2 Å². The van der Waals surface area contributed by atoms with Crippen molar-refractivity contribution in [2.24, 2.45) is 5.92 Å². The van der Waals surface area contributed by atoms with Gasteiger partial charge in [0.25, 0.3) is 0 Å². The summed E-state index contributed by atoms with van der Waals surface area (Å²) in [6.07, 6.45) is -2.30. The Morgan fingerprint density at radius 2 is 1.83 bits per heavy atom. The molecule has 1 aromatic carbocycles. The van der Waals surface area contributed by atoms with Crippen molar-refractivity contribution >= 4 is 11.2 Å². The maximum absolute atomic E-state index is 13.4. The Morgan fingerprint density at radius 3 is 2.52 bits per heavy atom. The summed E-state index contributed by atoms with van der Waals surface area (Å²) in [5.74, 6) is 0.856. The van der Waals surface area contributed by atoms with Crippen molar-refractivity contribution in [1.29, 1.82) is 0 Å². The highest BCUT2D eigenvalue weighted by Gasteiger charge is 2.34. The minimum atomic E-state index is -4.43. The average molecular weight is 319 g/mol. The van der Waals surface area contributed by atoms with E-state index in [0.717, 1.165) is 6.07 Å². The van der Waals surface area contributed by atoms with Crippen LogP contribution < -0.4 is 0 Å². The van der Waals surface area contributed by atoms with E-state index >= 15 is 0 Å². The molecule has 0 aliphatic rings. The SMILES string of the molecule is CC(C)Cc1nc2cccnc2n1-c1ccccc1C(F)(F)F. The summed E-state index contributed by atoms with van der Waals surface area (Å²) in [6.45, 7) is 4.01. The lowest BCUT2D eigenvalue weighted by Gasteiger charge is -2.16. The number of halogens is 3. The van der Waals surface area contributed by atoms with Crippen LogP contribution in [0.1, 0.15) is 25.2 Å². The quantitative estimate of drug-likeness (QED) is 0.704. The molecule has 0 spiro atoms. The van der Waals surface area contributed by atoms with Crippen molar-refractivity contribution in [3.8, 4) is 5.69 Å². The van der Waals surface area contributed by atoms with Gasteiger partial charge < -0.3 is 0 Å². The molecule has 0 bridgehead atoms. The summed E-state index contributed by atoms with van der Waals surface area (Å²) in [5.41, 5.74) is 0.423. The standard InChI is InChI=1S/C17H16F3N3/c1-11(2)10-15-22-13-7-5-9-21-16(13)23(15)14-8-4-3-6-12(14)17(18,19)20/h3-9,11H,10H2,1-2H3. The summed E-state index contributed by atoms with van der Waals surface area (Å²) in [7, 11) is 0. The van der Waals surface area contributed by atoms with E-state index in [-0.39, 0.29) is 11.6 Å². The lowest BCUT2D eigenvalue weighted by atomic mass is 10.1. The molecule has 2 aromatic heterocycles. The fourth-order valence-corrected chi connectivity index (χ4v) is 2.62. The molecule has 3 nitrogen and oxygen atoms in total. The number of alkyl halides is 3. The van der Waals surface area contributed by atoms with Gasteiger partial charge in [0.1, 0.15) is 11.3 Å². The van der Waals surface area contributed by atoms with E-state index in [0.29, 0.717) is 23.4 Å². The van der Waals surface area contributed by atoms with Gasteiger partial charge in [0.05, 0.1) is 11.3 Å². The van der Waals surface area contributed by atoms with Crippen LogP contribution in [0.25, 0.3) is 16.9 Å². The monoisotopic (exact) mass is 319 g/mol. The van der Waals surface area contributed by atoms with Gasteiger partial charge in [-0.1, -0.05) is 26.0 Å². The van der Waals surface area contributed by atoms with Crippen LogP contribution in [0.2, 0.25) is 0 Å². The normalized spacial score (nSPS) is 12.3. The zero-order valence-corrected chi connectivity index (χ0v) is 12.8. The first-order valence-electron chi connectivity index (χ1n) is 7.37. The van der Waals surface area contributed by atoms with Crippen LogP contribution in [0.15, 0.2) is 42.6 Å². The van der Waals surface area contributed by atoms with Crippen LogP contribution in [0.3, 0.4) is 0 Å². The molecule has 0 saturated heterocycles. The molecular formula is C17H16F3N3. The number of pyridine rings is 1. The third kappa shape index (κ3) is 2.93. The molecule has 2 heterocycles. The minimum absolute atomic E-state index is 0.0665. The Morgan fingerprint density at radius 1 is 1.09 bits per heavy atom. The Bertz CT molecular complexity index is 834. The number of rotatable bonds is 3. The first-order valence-corrected chi connectivity index (χ1v) is 7.37. The van der Waals surface area contributed by atoms with Crippen LogP contribution in [0, 0.1) is 5.92 Å². The van der Waals surface area contributed by atoms with E-state index in [1.54, 1.807) is 24.4 Å². The van der Waals surface area contributed by atoms with Gasteiger partial charge >= 0.3 is 6.18 Å². The zero-order valence-electron chi connectivity index (χ0n) is 12.8. The lowest BCUT2D eigenvalue weighted by molar-refractivity contribution is -0.137. The molecule has 0 N–H and O–H groups in total. The van der Waals surface area contributed by atoms with Gasteiger partial charge in [-0.3, -0.25) is 4.57 Å². The predicted octanol–water partition coefficient (Wildman–Crippen LogP) is 4.64. The fraction of sp³-hybridized carbons (Fsp3) is 0.294. The van der Waals surface area contributed by atoms with Crippen LogP contribution in [-0.4, -0.2) is 14.5 Å². The van der Waals surface area contributed by atoms with Crippen molar-refractivity contribution in [1.82, 2.24) is 14.5 Å². The highest BCUT2D eigenvalue weighted by atomic mass is 19.4. The van der Waals surface area contributed by atoms with Gasteiger partial charge in [-0.25, -0.2) is 9.97 Å². The topological polar surface area (TPSA) is 30.7 Å². The maximum atomic E-state index is 13.4. The maximum Gasteiger partial charge on any atom is 0.418 e. The van der Waals surface area contributed by atoms with Gasteiger partial charge in [0, 0.05) is 12.6 Å². The van der Waals surface area contributed by atoms with Gasteiger partial charge in [-0.05, 0) is 30.2 Å². The molecule has 0 aliphatic heterocycles. The smallest absolute Gasteiger partial charge is 0.280 e. The number of imidazole rings is 1. The first kappa shape index (κ1) is 15.5. The van der Waals surface area contributed by atoms with Crippen molar-refractivity contribution < 1.29 is 13.2 Å². The van der Waals surface area contributed by atoms with Gasteiger partial charge in [0.15, 0.2) is 5.65 Å². The Labute approximate surface area is 131 Å². The summed E-state index contributed by atoms with van der Waals surface area (Å²) >= 11 is 0. The summed E-state index contributed by atoms with van der Waals surface area (Å²) in [6, 6.07) is 9.03. The fourth-order valence-electron chi connectivity index (χ4n) is 2.62. The molecule has 0 aliphatic carbocycles. The van der Waals surface area contributed by atoms with Crippen LogP contribution >= 0.6 is 0 Å². The second kappa shape index (κ2) is 5.68. The molecule has 0 saturated carbocycles. The van der Waals surface area contributed by atoms with E-state index in [2.05, 4.69) is 9.97 Å². The van der Waals surface area contributed by atoms with E-state index < -0.39 is 11.7 Å². The highest BCUT2D eigenvalue weighted by Crippen LogP contribution is 2.35. The number of fused-ring (bicyclic) bond motifs is 1. The lowest BCUT2D eigenvalue weighted by Crippen LogP contribution is -2.13. The number of aromatic nitrogens is 3. The van der Waals surface area contributed by atoms with E-state index in [1.165, 1.54) is 16.7 Å². The molecule has 23 heavy (non-hydrogen) atoms. The largest absolute Gasteiger partial charge is 0.418 e. The molecule has 0 amide bonds. The average Bonchev–Trinajstić information content (AvgIpc) is 2.83. The van der Waals surface area contributed by atoms with E-state index in [1.807, 2.05) is 13.8 Å². The third-order valence-corrected chi connectivity index (χ3v) is 3.53. The molecule has 0 radical (unpaired) electrons. The molecule has 0 atom stereocenters. The molecule has 0 unspecified atom stereocenters. The predicted molar refractivity (Wildman–Crippen MR) is 82.4 cm³/mol. The van der Waals surface area contributed by atoms with Gasteiger partial charge in [-0.15, -0.1) is 0 Å². The Hall–Kier alpha value is -2.37. The summed E-state index contributed by atoms with van der Waals surface area (Å²) < 4.78 is 41.7. The number of nitrogens with zero attached hydrogens (tertiary/aromatic N) is 3. The second-order valence-electron chi connectivity index (χ2n) is 5.82. The molecule has 0 fully saturated rings. The molecule has 6 heteroatoms. The Kier molecular flexibility index (Phi) is 3.83. The van der Waals surface area contributed by atoms with Gasteiger partial charge in [-0.2, -0.15) is 13.2 Å². The summed E-state index contributed by atoms with van der Waals surface area (Å²) in [4.78, 5) is 8.73. The van der Waals surface area contributed by atoms with Crippen molar-refractivity contribution in [2.45, 2.75) is 26.4 Å². The van der Waals surface area contributed by atoms with E-state index in [9.17, 15) is 13.2 Å². The van der Waals surface area contributed by atoms with Crippen LogP contribution in [-0.2, 0) is 12.6 Å². The minimum Gasteiger partial charge on any atom is -0.280 e. The van der Waals surface area contributed by atoms with Crippen molar-refractivity contribution in [3.05, 3.63) is 54.0 Å². The van der Waals surface area contributed by atoms with Gasteiger partial charge in [0.2, 0.25) is 0 Å². The second-order valence-corrected chi connectivity index (χ2v) is 5.82. The Balaban J connectivity index is 2.31. The summed E-state index contributed by atoms with van der Waals surface area (Å²) in [5, 5.41) is 0. The number of hydrogen-bond donors (Lipinski definition) is 0. The number of hydrogen-bond acceptors (Lipinski definition) is 2. The molecule has 3 aromatic rings. The third-order valence-electron chi connectivity index (χ3n) is 3.53. The molecule has 3 rings (SSSR count). The van der Waals surface area contributed by atoms with Crippen molar-refractivity contribution in [3.63, 3.8) is 0 Å². The first-order chi connectivity index (χ1) is 10.9. The van der Waals surface area contributed by atoms with Crippen LogP contribution in [0.5, 0.6) is 0 Å². The number of para-hydroxylation sites is 1. The molecule has 120 valence electrons. The number of benzene rings is 1. The van der Waals surface area contributed by atoms with E-state index in [4.69, 9.17) is 0 Å². The molecular weight excluding hydrogens is 303 g/mol. The van der Waals surface area contributed by atoms with Crippen molar-refractivity contribution in [2.75, 3.05) is 0 Å². The zero-order chi connectivity index (χ0) is 16.6.